The zero-order valence-corrected chi connectivity index (χ0v) is 10.9. The van der Waals surface area contributed by atoms with Gasteiger partial charge in [-0.1, -0.05) is 13.8 Å². The molecular formula is C13H21NO3. The zero-order valence-electron chi connectivity index (χ0n) is 10.9. The number of aryl methyl sites for hydroxylation is 2. The predicted octanol–water partition coefficient (Wildman–Crippen LogP) is 1.90. The smallest absolute Gasteiger partial charge is 0.287 e. The first-order chi connectivity index (χ1) is 7.99. The molecule has 1 rings (SSSR count). The first kappa shape index (κ1) is 13.8. The van der Waals surface area contributed by atoms with Crippen LogP contribution in [0.15, 0.2) is 10.5 Å². The van der Waals surface area contributed by atoms with Gasteiger partial charge in [-0.25, -0.2) is 0 Å². The Morgan fingerprint density at radius 3 is 2.65 bits per heavy atom. The number of aliphatic hydroxyl groups excluding tert-OH is 1. The molecule has 0 spiro atoms. The summed E-state index contributed by atoms with van der Waals surface area (Å²) in [7, 11) is 0. The van der Waals surface area contributed by atoms with E-state index < -0.39 is 0 Å². The fourth-order valence-electron chi connectivity index (χ4n) is 1.52. The van der Waals surface area contributed by atoms with Crippen LogP contribution in [0, 0.1) is 12.8 Å². The van der Waals surface area contributed by atoms with E-state index in [1.807, 2.05) is 33.8 Å². The molecule has 17 heavy (non-hydrogen) atoms. The highest BCUT2D eigenvalue weighted by atomic mass is 16.4. The molecule has 1 aromatic rings. The van der Waals surface area contributed by atoms with Gasteiger partial charge < -0.3 is 14.8 Å². The van der Waals surface area contributed by atoms with E-state index in [1.165, 1.54) is 0 Å². The summed E-state index contributed by atoms with van der Waals surface area (Å²) in [4.78, 5) is 11.9. The van der Waals surface area contributed by atoms with E-state index in [2.05, 4.69) is 5.32 Å². The lowest BCUT2D eigenvalue weighted by Gasteiger charge is -2.18. The van der Waals surface area contributed by atoms with E-state index in [0.29, 0.717) is 5.76 Å². The fourth-order valence-corrected chi connectivity index (χ4v) is 1.52. The number of hydrogen-bond donors (Lipinski definition) is 2. The molecule has 96 valence electrons. The Hall–Kier alpha value is -1.29. The van der Waals surface area contributed by atoms with E-state index in [9.17, 15) is 4.79 Å². The van der Waals surface area contributed by atoms with Crippen LogP contribution in [0.25, 0.3) is 0 Å². The highest BCUT2D eigenvalue weighted by Gasteiger charge is 2.19. The summed E-state index contributed by atoms with van der Waals surface area (Å²) < 4.78 is 5.47. The number of hydrogen-bond acceptors (Lipinski definition) is 3. The van der Waals surface area contributed by atoms with Gasteiger partial charge in [0.15, 0.2) is 5.76 Å². The second-order valence-corrected chi connectivity index (χ2v) is 4.50. The molecule has 1 aromatic heterocycles. The number of aliphatic hydroxyl groups is 1. The van der Waals surface area contributed by atoms with Crippen molar-refractivity contribution >= 4 is 5.91 Å². The Kier molecular flexibility index (Phi) is 4.75. The molecule has 2 N–H and O–H groups in total. The SMILES string of the molecule is CCc1cc(C)c(C(=O)NC(C)C(C)CO)o1. The average molecular weight is 239 g/mol. The Bertz CT molecular complexity index is 384. The maximum Gasteiger partial charge on any atom is 0.287 e. The van der Waals surface area contributed by atoms with E-state index >= 15 is 0 Å². The Balaban J connectivity index is 2.72. The maximum absolute atomic E-state index is 11.9. The Morgan fingerprint density at radius 2 is 2.18 bits per heavy atom. The largest absolute Gasteiger partial charge is 0.456 e. The van der Waals surface area contributed by atoms with Gasteiger partial charge in [-0.15, -0.1) is 0 Å². The molecule has 0 saturated heterocycles. The van der Waals surface area contributed by atoms with Crippen LogP contribution in [0.4, 0.5) is 0 Å². The van der Waals surface area contributed by atoms with Crippen LogP contribution < -0.4 is 5.32 Å². The molecule has 2 atom stereocenters. The van der Waals surface area contributed by atoms with E-state index in [1.54, 1.807) is 0 Å². The molecule has 0 fully saturated rings. The van der Waals surface area contributed by atoms with E-state index in [0.717, 1.165) is 17.7 Å². The number of furan rings is 1. The maximum atomic E-state index is 11.9. The monoisotopic (exact) mass is 239 g/mol. The van der Waals surface area contributed by atoms with Gasteiger partial charge in [0.1, 0.15) is 5.76 Å². The van der Waals surface area contributed by atoms with Crippen molar-refractivity contribution in [3.05, 3.63) is 23.2 Å². The molecule has 0 bridgehead atoms. The molecule has 4 nitrogen and oxygen atoms in total. The summed E-state index contributed by atoms with van der Waals surface area (Å²) in [5.41, 5.74) is 0.850. The van der Waals surface area contributed by atoms with Crippen molar-refractivity contribution in [3.63, 3.8) is 0 Å². The van der Waals surface area contributed by atoms with Crippen molar-refractivity contribution in [3.8, 4) is 0 Å². The molecule has 4 heteroatoms. The second kappa shape index (κ2) is 5.87. The van der Waals surface area contributed by atoms with Gasteiger partial charge in [-0.05, 0) is 25.8 Å². The Labute approximate surface area is 102 Å². The highest BCUT2D eigenvalue weighted by Crippen LogP contribution is 2.15. The Morgan fingerprint density at radius 1 is 1.53 bits per heavy atom. The minimum absolute atomic E-state index is 0.0277. The standard InChI is InChI=1S/C13H21NO3/c1-5-11-6-8(2)12(17-11)13(16)14-10(4)9(3)7-15/h6,9-10,15H,5,7H2,1-4H3,(H,14,16). The minimum atomic E-state index is -0.213. The fraction of sp³-hybridized carbons (Fsp3) is 0.615. The van der Waals surface area contributed by atoms with E-state index in [-0.39, 0.29) is 24.5 Å². The summed E-state index contributed by atoms with van der Waals surface area (Å²) in [5, 5.41) is 11.8. The van der Waals surface area contributed by atoms with Crippen LogP contribution in [0.3, 0.4) is 0 Å². The van der Waals surface area contributed by atoms with Crippen LogP contribution in [0.5, 0.6) is 0 Å². The number of carbonyl (C=O) groups excluding carboxylic acids is 1. The summed E-state index contributed by atoms with van der Waals surface area (Å²) in [6.45, 7) is 7.65. The van der Waals surface area contributed by atoms with Crippen molar-refractivity contribution in [2.45, 2.75) is 40.2 Å². The van der Waals surface area contributed by atoms with Crippen molar-refractivity contribution < 1.29 is 14.3 Å². The third-order valence-corrected chi connectivity index (χ3v) is 3.02. The first-order valence-electron chi connectivity index (χ1n) is 6.00. The van der Waals surface area contributed by atoms with Gasteiger partial charge >= 0.3 is 0 Å². The third-order valence-electron chi connectivity index (χ3n) is 3.02. The number of nitrogens with one attached hydrogen (secondary N) is 1. The summed E-state index contributed by atoms with van der Waals surface area (Å²) in [6, 6.07) is 1.80. The minimum Gasteiger partial charge on any atom is -0.456 e. The van der Waals surface area contributed by atoms with Crippen LogP contribution in [0.1, 0.15) is 42.6 Å². The zero-order chi connectivity index (χ0) is 13.0. The van der Waals surface area contributed by atoms with Crippen LogP contribution in [-0.4, -0.2) is 23.7 Å². The van der Waals surface area contributed by atoms with Gasteiger partial charge in [0, 0.05) is 24.6 Å². The molecule has 1 heterocycles. The molecule has 0 aliphatic rings. The number of rotatable bonds is 5. The average Bonchev–Trinajstić information content (AvgIpc) is 2.69. The highest BCUT2D eigenvalue weighted by molar-refractivity contribution is 5.93. The number of carbonyl (C=O) groups is 1. The molecule has 0 aliphatic carbocycles. The molecule has 0 aliphatic heterocycles. The number of amides is 1. The van der Waals surface area contributed by atoms with Crippen LogP contribution >= 0.6 is 0 Å². The predicted molar refractivity (Wildman–Crippen MR) is 66.0 cm³/mol. The lowest BCUT2D eigenvalue weighted by Crippen LogP contribution is -2.38. The lowest BCUT2D eigenvalue weighted by molar-refractivity contribution is 0.0885. The molecule has 0 radical (unpaired) electrons. The topological polar surface area (TPSA) is 62.5 Å². The second-order valence-electron chi connectivity index (χ2n) is 4.50. The van der Waals surface area contributed by atoms with Crippen molar-refractivity contribution in [2.75, 3.05) is 6.61 Å². The van der Waals surface area contributed by atoms with Crippen LogP contribution in [0.2, 0.25) is 0 Å². The quantitative estimate of drug-likeness (QED) is 0.825. The molecule has 1 amide bonds. The molecule has 2 unspecified atom stereocenters. The summed E-state index contributed by atoms with van der Waals surface area (Å²) >= 11 is 0. The lowest BCUT2D eigenvalue weighted by atomic mass is 10.1. The van der Waals surface area contributed by atoms with Crippen molar-refractivity contribution in [1.82, 2.24) is 5.32 Å². The molecule has 0 aromatic carbocycles. The van der Waals surface area contributed by atoms with E-state index in [4.69, 9.17) is 9.52 Å². The van der Waals surface area contributed by atoms with Gasteiger partial charge in [0.05, 0.1) is 0 Å². The van der Waals surface area contributed by atoms with Gasteiger partial charge in [0.2, 0.25) is 0 Å². The molecular weight excluding hydrogens is 218 g/mol. The third kappa shape index (κ3) is 3.33. The van der Waals surface area contributed by atoms with Crippen molar-refractivity contribution in [2.24, 2.45) is 5.92 Å². The first-order valence-corrected chi connectivity index (χ1v) is 6.00. The van der Waals surface area contributed by atoms with Gasteiger partial charge in [0.25, 0.3) is 5.91 Å². The van der Waals surface area contributed by atoms with Crippen LogP contribution in [-0.2, 0) is 6.42 Å². The van der Waals surface area contributed by atoms with Crippen molar-refractivity contribution in [1.29, 1.82) is 0 Å². The summed E-state index contributed by atoms with van der Waals surface area (Å²) in [5.74, 6) is 1.00. The molecule has 0 saturated carbocycles. The normalized spacial score (nSPS) is 14.4. The van der Waals surface area contributed by atoms with Gasteiger partial charge in [-0.2, -0.15) is 0 Å². The summed E-state index contributed by atoms with van der Waals surface area (Å²) in [6.07, 6.45) is 0.775. The van der Waals surface area contributed by atoms with Gasteiger partial charge in [-0.3, -0.25) is 4.79 Å².